The first-order valence-electron chi connectivity index (χ1n) is 5.95. The van der Waals surface area contributed by atoms with E-state index in [0.717, 1.165) is 12.3 Å². The summed E-state index contributed by atoms with van der Waals surface area (Å²) in [5.74, 6) is 1.51. The lowest BCUT2D eigenvalue weighted by molar-refractivity contribution is 0.408. The van der Waals surface area contributed by atoms with Crippen LogP contribution in [0.2, 0.25) is 0 Å². The molecule has 0 radical (unpaired) electrons. The first-order chi connectivity index (χ1) is 7.22. The van der Waals surface area contributed by atoms with Gasteiger partial charge in [0.1, 0.15) is 0 Å². The zero-order valence-corrected chi connectivity index (χ0v) is 11.1. The quantitative estimate of drug-likeness (QED) is 0.653. The maximum atomic E-state index is 6.59. The van der Waals surface area contributed by atoms with Crippen LogP contribution in [0, 0.1) is 11.8 Å². The molecule has 1 aromatic rings. The minimum Gasteiger partial charge on any atom is -0.144 e. The second-order valence-electron chi connectivity index (χ2n) is 4.63. The second kappa shape index (κ2) is 4.88. The van der Waals surface area contributed by atoms with E-state index in [1.54, 1.807) is 0 Å². The van der Waals surface area contributed by atoms with Crippen LogP contribution in [-0.2, 0) is 6.42 Å². The third-order valence-electron chi connectivity index (χ3n) is 3.61. The zero-order valence-electron chi connectivity index (χ0n) is 9.50. The van der Waals surface area contributed by atoms with Crippen molar-refractivity contribution in [2.24, 2.45) is 11.8 Å². The normalized spacial score (nSPS) is 28.2. The molecule has 3 atom stereocenters. The lowest BCUT2D eigenvalue weighted by Crippen LogP contribution is -2.09. The summed E-state index contributed by atoms with van der Waals surface area (Å²) in [7, 11) is 0. The highest BCUT2D eigenvalue weighted by Crippen LogP contribution is 2.45. The van der Waals surface area contributed by atoms with Gasteiger partial charge in [-0.2, -0.15) is 0 Å². The molecule has 15 heavy (non-hydrogen) atoms. The zero-order chi connectivity index (χ0) is 10.8. The third-order valence-corrected chi connectivity index (χ3v) is 5.61. The van der Waals surface area contributed by atoms with Crippen molar-refractivity contribution in [3.63, 3.8) is 0 Å². The molecule has 1 aromatic heterocycles. The molecule has 0 bridgehead atoms. The summed E-state index contributed by atoms with van der Waals surface area (Å²) >= 11 is 8.49. The molecule has 0 spiro atoms. The minimum absolute atomic E-state index is 0.257. The minimum atomic E-state index is 0.257. The lowest BCUT2D eigenvalue weighted by Gasteiger charge is -2.20. The first-order valence-corrected chi connectivity index (χ1v) is 7.20. The Morgan fingerprint density at radius 1 is 1.47 bits per heavy atom. The van der Waals surface area contributed by atoms with E-state index in [1.807, 2.05) is 11.3 Å². The fourth-order valence-electron chi connectivity index (χ4n) is 2.55. The molecule has 0 nitrogen and oxygen atoms in total. The van der Waals surface area contributed by atoms with Crippen LogP contribution in [0.3, 0.4) is 0 Å². The van der Waals surface area contributed by atoms with Gasteiger partial charge in [0.25, 0.3) is 0 Å². The van der Waals surface area contributed by atoms with E-state index in [0.29, 0.717) is 5.92 Å². The first kappa shape index (κ1) is 11.5. The Morgan fingerprint density at radius 2 is 2.27 bits per heavy atom. The highest BCUT2D eigenvalue weighted by atomic mass is 35.5. The summed E-state index contributed by atoms with van der Waals surface area (Å²) in [4.78, 5) is 2.84. The topological polar surface area (TPSA) is 0 Å². The fourth-order valence-corrected chi connectivity index (χ4v) is 4.14. The van der Waals surface area contributed by atoms with Crippen molar-refractivity contribution in [2.45, 2.75) is 44.9 Å². The molecule has 0 N–H and O–H groups in total. The number of halogens is 1. The molecule has 3 unspecified atom stereocenters. The summed E-state index contributed by atoms with van der Waals surface area (Å²) in [6, 6.07) is 4.46. The van der Waals surface area contributed by atoms with Crippen LogP contribution in [0.25, 0.3) is 0 Å². The Labute approximate surface area is 102 Å². The molecule has 1 heterocycles. The van der Waals surface area contributed by atoms with Crippen molar-refractivity contribution in [1.82, 2.24) is 0 Å². The van der Waals surface area contributed by atoms with Gasteiger partial charge in [-0.1, -0.05) is 26.7 Å². The number of hydrogen-bond donors (Lipinski definition) is 0. The van der Waals surface area contributed by atoms with Gasteiger partial charge >= 0.3 is 0 Å². The Hall–Kier alpha value is -0.0100. The van der Waals surface area contributed by atoms with Gasteiger partial charge in [0.05, 0.1) is 5.38 Å². The molecule has 1 aliphatic rings. The van der Waals surface area contributed by atoms with Crippen molar-refractivity contribution in [3.8, 4) is 0 Å². The van der Waals surface area contributed by atoms with Crippen molar-refractivity contribution in [2.75, 3.05) is 0 Å². The van der Waals surface area contributed by atoms with Gasteiger partial charge in [-0.3, -0.25) is 0 Å². The molecule has 1 fully saturated rings. The molecule has 1 aliphatic carbocycles. The van der Waals surface area contributed by atoms with E-state index in [1.165, 1.54) is 29.0 Å². The van der Waals surface area contributed by atoms with Gasteiger partial charge in [-0.05, 0) is 36.8 Å². The predicted molar refractivity (Wildman–Crippen MR) is 68.8 cm³/mol. The molecule has 0 saturated heterocycles. The highest BCUT2D eigenvalue weighted by molar-refractivity contribution is 7.12. The van der Waals surface area contributed by atoms with E-state index < -0.39 is 0 Å². The van der Waals surface area contributed by atoms with Crippen LogP contribution in [0.1, 0.15) is 48.2 Å². The van der Waals surface area contributed by atoms with Crippen LogP contribution in [-0.4, -0.2) is 0 Å². The largest absolute Gasteiger partial charge is 0.144 e. The van der Waals surface area contributed by atoms with Crippen molar-refractivity contribution in [3.05, 3.63) is 21.9 Å². The van der Waals surface area contributed by atoms with Crippen molar-refractivity contribution < 1.29 is 0 Å². The lowest BCUT2D eigenvalue weighted by atomic mass is 9.93. The molecular formula is C13H19ClS. The maximum absolute atomic E-state index is 6.59. The monoisotopic (exact) mass is 242 g/mol. The Bertz CT molecular complexity index is 318. The third kappa shape index (κ3) is 2.39. The van der Waals surface area contributed by atoms with E-state index in [4.69, 9.17) is 11.6 Å². The standard InChI is InChI=1S/C13H19ClS/c1-3-10-7-8-12(15-10)13(14)11-6-4-5-9(11)2/h7-9,11,13H,3-6H2,1-2H3. The van der Waals surface area contributed by atoms with Crippen LogP contribution in [0.15, 0.2) is 12.1 Å². The molecular weight excluding hydrogens is 224 g/mol. The molecule has 1 saturated carbocycles. The van der Waals surface area contributed by atoms with E-state index >= 15 is 0 Å². The molecule has 2 rings (SSSR count). The fraction of sp³-hybridized carbons (Fsp3) is 0.692. The Morgan fingerprint density at radius 3 is 2.80 bits per heavy atom. The summed E-state index contributed by atoms with van der Waals surface area (Å²) in [6.07, 6.45) is 5.17. The van der Waals surface area contributed by atoms with Gasteiger partial charge in [-0.15, -0.1) is 22.9 Å². The van der Waals surface area contributed by atoms with Gasteiger partial charge in [0, 0.05) is 9.75 Å². The van der Waals surface area contributed by atoms with Gasteiger partial charge in [-0.25, -0.2) is 0 Å². The molecule has 2 heteroatoms. The summed E-state index contributed by atoms with van der Waals surface area (Å²) in [5, 5.41) is 0.257. The smallest absolute Gasteiger partial charge is 0.0709 e. The predicted octanol–water partition coefficient (Wildman–Crippen LogP) is 5.03. The van der Waals surface area contributed by atoms with Crippen molar-refractivity contribution >= 4 is 22.9 Å². The number of rotatable bonds is 3. The molecule has 0 amide bonds. The SMILES string of the molecule is CCc1ccc(C(Cl)C2CCCC2C)s1. The number of alkyl halides is 1. The molecule has 84 valence electrons. The average Bonchev–Trinajstić information content (AvgIpc) is 2.84. The van der Waals surface area contributed by atoms with E-state index in [2.05, 4.69) is 26.0 Å². The average molecular weight is 243 g/mol. The van der Waals surface area contributed by atoms with Gasteiger partial charge < -0.3 is 0 Å². The summed E-state index contributed by atoms with van der Waals surface area (Å²) < 4.78 is 0. The number of hydrogen-bond acceptors (Lipinski definition) is 1. The number of thiophene rings is 1. The van der Waals surface area contributed by atoms with E-state index in [-0.39, 0.29) is 5.38 Å². The van der Waals surface area contributed by atoms with Crippen LogP contribution < -0.4 is 0 Å². The van der Waals surface area contributed by atoms with Crippen LogP contribution in [0.4, 0.5) is 0 Å². The van der Waals surface area contributed by atoms with Crippen LogP contribution >= 0.6 is 22.9 Å². The highest BCUT2D eigenvalue weighted by Gasteiger charge is 2.31. The Balaban J connectivity index is 2.09. The van der Waals surface area contributed by atoms with Gasteiger partial charge in [0.2, 0.25) is 0 Å². The second-order valence-corrected chi connectivity index (χ2v) is 6.30. The number of aryl methyl sites for hydroxylation is 1. The summed E-state index contributed by atoms with van der Waals surface area (Å²) in [5.41, 5.74) is 0. The van der Waals surface area contributed by atoms with Crippen LogP contribution in [0.5, 0.6) is 0 Å². The van der Waals surface area contributed by atoms with Gasteiger partial charge in [0.15, 0.2) is 0 Å². The van der Waals surface area contributed by atoms with Crippen molar-refractivity contribution in [1.29, 1.82) is 0 Å². The maximum Gasteiger partial charge on any atom is 0.0709 e. The Kier molecular flexibility index (Phi) is 3.73. The summed E-state index contributed by atoms with van der Waals surface area (Å²) in [6.45, 7) is 4.55. The molecule has 0 aliphatic heterocycles. The van der Waals surface area contributed by atoms with E-state index in [9.17, 15) is 0 Å². The molecule has 0 aromatic carbocycles.